The Morgan fingerprint density at radius 1 is 1.25 bits per heavy atom. The van der Waals surface area contributed by atoms with Crippen molar-refractivity contribution in [3.05, 3.63) is 33.9 Å². The van der Waals surface area contributed by atoms with Crippen LogP contribution in [0.25, 0.3) is 5.65 Å². The van der Waals surface area contributed by atoms with Gasteiger partial charge in [0.05, 0.1) is 24.0 Å². The van der Waals surface area contributed by atoms with Gasteiger partial charge >= 0.3 is 0 Å². The highest BCUT2D eigenvalue weighted by atomic mass is 32.1. The highest BCUT2D eigenvalue weighted by molar-refractivity contribution is 7.09. The molecule has 4 N–H and O–H groups in total. The monoisotopic (exact) mass is 455 g/mol. The van der Waals surface area contributed by atoms with Gasteiger partial charge in [-0.25, -0.2) is 9.97 Å². The normalized spacial score (nSPS) is 22.4. The predicted molar refractivity (Wildman–Crippen MR) is 129 cm³/mol. The van der Waals surface area contributed by atoms with Gasteiger partial charge in [0, 0.05) is 41.9 Å². The maximum atomic E-state index is 10.3. The van der Waals surface area contributed by atoms with Gasteiger partial charge in [0.2, 0.25) is 0 Å². The number of hydrogen-bond donors (Lipinski definition) is 4. The van der Waals surface area contributed by atoms with Crippen LogP contribution < -0.4 is 16.0 Å². The number of nitrogens with zero attached hydrogens (tertiary/aromatic N) is 4. The fraction of sp³-hybridized carbons (Fsp3) is 0.609. The van der Waals surface area contributed by atoms with Crippen molar-refractivity contribution in [3.8, 4) is 0 Å². The summed E-state index contributed by atoms with van der Waals surface area (Å²) in [6.45, 7) is 8.76. The molecule has 1 aliphatic heterocycles. The zero-order chi connectivity index (χ0) is 22.2. The number of β-amino-alcohol motifs (C(OH)–C–C–N with tert-alkyl or cyclic N) is 1. The summed E-state index contributed by atoms with van der Waals surface area (Å²) in [5, 5.41) is 28.6. The first-order valence-electron chi connectivity index (χ1n) is 11.7. The molecule has 0 aromatic carbocycles. The summed E-state index contributed by atoms with van der Waals surface area (Å²) in [6.07, 6.45) is 5.07. The molecule has 0 bridgehead atoms. The van der Waals surface area contributed by atoms with E-state index in [0.717, 1.165) is 40.8 Å². The van der Waals surface area contributed by atoms with E-state index >= 15 is 0 Å². The molecular weight excluding hydrogens is 422 g/mol. The molecule has 9 heteroatoms. The Bertz CT molecular complexity index is 1070. The van der Waals surface area contributed by atoms with Gasteiger partial charge in [-0.2, -0.15) is 9.61 Å². The Hall–Kier alpha value is -2.23. The fourth-order valence-electron chi connectivity index (χ4n) is 4.30. The molecule has 3 atom stereocenters. The van der Waals surface area contributed by atoms with Crippen molar-refractivity contribution in [2.24, 2.45) is 5.92 Å². The van der Waals surface area contributed by atoms with E-state index in [2.05, 4.69) is 47.2 Å². The van der Waals surface area contributed by atoms with Gasteiger partial charge in [-0.05, 0) is 38.6 Å². The van der Waals surface area contributed by atoms with E-state index in [4.69, 9.17) is 9.97 Å². The second-order valence-electron chi connectivity index (χ2n) is 9.47. The Kier molecular flexibility index (Phi) is 6.05. The van der Waals surface area contributed by atoms with Crippen LogP contribution in [0, 0.1) is 5.92 Å². The van der Waals surface area contributed by atoms with Gasteiger partial charge in [-0.3, -0.25) is 0 Å². The van der Waals surface area contributed by atoms with Crippen molar-refractivity contribution in [2.75, 3.05) is 30.3 Å². The molecule has 0 amide bonds. The van der Waals surface area contributed by atoms with Crippen molar-refractivity contribution in [1.29, 1.82) is 0 Å². The first kappa shape index (κ1) is 21.6. The molecular formula is C23H33N7OS. The van der Waals surface area contributed by atoms with E-state index in [1.807, 2.05) is 16.8 Å². The molecule has 32 heavy (non-hydrogen) atoms. The van der Waals surface area contributed by atoms with Crippen LogP contribution in [0.5, 0.6) is 0 Å². The third-order valence-corrected chi connectivity index (χ3v) is 7.57. The molecule has 0 radical (unpaired) electrons. The highest BCUT2D eigenvalue weighted by Gasteiger charge is 2.27. The molecule has 0 spiro atoms. The number of piperidine rings is 1. The number of thiazole rings is 1. The molecule has 2 fully saturated rings. The minimum Gasteiger partial charge on any atom is -0.391 e. The highest BCUT2D eigenvalue weighted by Crippen LogP contribution is 2.41. The Morgan fingerprint density at radius 3 is 2.84 bits per heavy atom. The standard InChI is InChI=1S/C23H33N7OS/c1-13(2)17-10-26-30-21(27-14(3)23-28-18(12-32-23)15-4-5-15)8-20(29-22(17)30)25-9-16-6-7-24-11-19(16)31/h8,10,12-16,19,24,27,31H,4-7,9,11H2,1-3H3,(H,25,29)/t14-,16+,19-/m0/s1. The number of anilines is 2. The Balaban J connectivity index is 1.40. The first-order chi connectivity index (χ1) is 15.5. The minimum absolute atomic E-state index is 0.0730. The Labute approximate surface area is 192 Å². The summed E-state index contributed by atoms with van der Waals surface area (Å²) in [5.74, 6) is 2.91. The van der Waals surface area contributed by atoms with E-state index in [0.29, 0.717) is 24.9 Å². The third kappa shape index (κ3) is 4.46. The molecule has 4 heterocycles. The van der Waals surface area contributed by atoms with Crippen LogP contribution in [0.3, 0.4) is 0 Å². The average Bonchev–Trinajstić information content (AvgIpc) is 3.33. The van der Waals surface area contributed by atoms with Gasteiger partial charge in [0.1, 0.15) is 16.6 Å². The lowest BCUT2D eigenvalue weighted by Gasteiger charge is -2.28. The molecule has 1 aliphatic carbocycles. The van der Waals surface area contributed by atoms with Gasteiger partial charge in [0.25, 0.3) is 0 Å². The zero-order valence-electron chi connectivity index (χ0n) is 19.0. The maximum Gasteiger partial charge on any atom is 0.163 e. The van der Waals surface area contributed by atoms with Crippen LogP contribution in [0.15, 0.2) is 17.6 Å². The average molecular weight is 456 g/mol. The van der Waals surface area contributed by atoms with Crippen molar-refractivity contribution in [1.82, 2.24) is 24.9 Å². The quantitative estimate of drug-likeness (QED) is 0.411. The van der Waals surface area contributed by atoms with Crippen molar-refractivity contribution < 1.29 is 5.11 Å². The summed E-state index contributed by atoms with van der Waals surface area (Å²) in [4.78, 5) is 9.75. The number of nitrogens with one attached hydrogen (secondary N) is 3. The second-order valence-corrected chi connectivity index (χ2v) is 10.4. The summed E-state index contributed by atoms with van der Waals surface area (Å²) < 4.78 is 1.89. The fourth-order valence-corrected chi connectivity index (χ4v) is 5.21. The number of aromatic nitrogens is 4. The molecule has 0 unspecified atom stereocenters. The van der Waals surface area contributed by atoms with Crippen molar-refractivity contribution in [3.63, 3.8) is 0 Å². The summed E-state index contributed by atoms with van der Waals surface area (Å²) >= 11 is 1.73. The van der Waals surface area contributed by atoms with Gasteiger partial charge in [-0.15, -0.1) is 11.3 Å². The van der Waals surface area contributed by atoms with Crippen LogP contribution in [0.2, 0.25) is 0 Å². The number of hydrogen-bond acceptors (Lipinski definition) is 8. The topological polar surface area (TPSA) is 99.4 Å². The largest absolute Gasteiger partial charge is 0.391 e. The number of rotatable bonds is 8. The SMILES string of the molecule is CC(C)c1cnn2c(N[C@@H](C)c3nc(C4CC4)cs3)cc(NC[C@H]3CCNC[C@@H]3O)nc12. The molecule has 1 saturated heterocycles. The van der Waals surface area contributed by atoms with Crippen molar-refractivity contribution in [2.45, 2.75) is 64.0 Å². The summed E-state index contributed by atoms with van der Waals surface area (Å²) in [6, 6.07) is 2.09. The third-order valence-electron chi connectivity index (χ3n) is 6.53. The number of fused-ring (bicyclic) bond motifs is 1. The smallest absolute Gasteiger partial charge is 0.163 e. The van der Waals surface area contributed by atoms with Crippen LogP contribution in [-0.2, 0) is 0 Å². The van der Waals surface area contributed by atoms with E-state index < -0.39 is 0 Å². The summed E-state index contributed by atoms with van der Waals surface area (Å²) in [5.41, 5.74) is 3.22. The van der Waals surface area contributed by atoms with Crippen LogP contribution >= 0.6 is 11.3 Å². The number of aliphatic hydroxyl groups is 1. The van der Waals surface area contributed by atoms with E-state index in [1.165, 1.54) is 18.5 Å². The lowest BCUT2D eigenvalue weighted by molar-refractivity contribution is 0.0883. The lowest BCUT2D eigenvalue weighted by Crippen LogP contribution is -2.43. The molecule has 2 aliphatic rings. The van der Waals surface area contributed by atoms with Crippen LogP contribution in [0.4, 0.5) is 11.6 Å². The van der Waals surface area contributed by atoms with Gasteiger partial charge in [0.15, 0.2) is 5.65 Å². The molecule has 172 valence electrons. The van der Waals surface area contributed by atoms with E-state index in [-0.39, 0.29) is 18.1 Å². The lowest BCUT2D eigenvalue weighted by atomic mass is 9.95. The molecule has 3 aromatic rings. The maximum absolute atomic E-state index is 10.3. The Morgan fingerprint density at radius 2 is 2.09 bits per heavy atom. The molecule has 3 aromatic heterocycles. The van der Waals surface area contributed by atoms with E-state index in [1.54, 1.807) is 11.3 Å². The first-order valence-corrected chi connectivity index (χ1v) is 12.6. The molecule has 1 saturated carbocycles. The summed E-state index contributed by atoms with van der Waals surface area (Å²) in [7, 11) is 0. The van der Waals surface area contributed by atoms with Gasteiger partial charge in [-0.1, -0.05) is 13.8 Å². The number of aliphatic hydroxyl groups excluding tert-OH is 1. The molecule has 8 nitrogen and oxygen atoms in total. The second kappa shape index (κ2) is 8.96. The molecule has 5 rings (SSSR count). The zero-order valence-corrected chi connectivity index (χ0v) is 19.8. The minimum atomic E-state index is -0.329. The predicted octanol–water partition coefficient (Wildman–Crippen LogP) is 3.74. The van der Waals surface area contributed by atoms with Crippen molar-refractivity contribution >= 4 is 28.6 Å². The van der Waals surface area contributed by atoms with Crippen LogP contribution in [-0.4, -0.2) is 50.4 Å². The van der Waals surface area contributed by atoms with Gasteiger partial charge < -0.3 is 21.1 Å². The van der Waals surface area contributed by atoms with Crippen LogP contribution in [0.1, 0.15) is 74.2 Å². The van der Waals surface area contributed by atoms with E-state index in [9.17, 15) is 5.11 Å².